The summed E-state index contributed by atoms with van der Waals surface area (Å²) in [5.41, 5.74) is 4.65. The summed E-state index contributed by atoms with van der Waals surface area (Å²) in [7, 11) is 8.10. The summed E-state index contributed by atoms with van der Waals surface area (Å²) in [5, 5.41) is 0. The van der Waals surface area contributed by atoms with E-state index in [9.17, 15) is 0 Å². The first-order chi connectivity index (χ1) is 16.5. The molecule has 0 saturated heterocycles. The summed E-state index contributed by atoms with van der Waals surface area (Å²) in [4.78, 5) is 10.3. The Hall–Kier alpha value is -3.50. The van der Waals surface area contributed by atoms with E-state index in [4.69, 9.17) is 4.99 Å². The van der Waals surface area contributed by atoms with Gasteiger partial charge in [-0.3, -0.25) is 0 Å². The molecule has 0 aliphatic heterocycles. The van der Waals surface area contributed by atoms with Gasteiger partial charge in [0, 0.05) is 33.1 Å². The summed E-state index contributed by atoms with van der Waals surface area (Å²) in [6, 6.07) is 40.7. The van der Waals surface area contributed by atoms with Crippen molar-refractivity contribution in [3.05, 3.63) is 132 Å². The van der Waals surface area contributed by atoms with E-state index in [1.807, 2.05) is 49.8 Å². The number of rotatable bonds is 6. The fourth-order valence-corrected chi connectivity index (χ4v) is 5.66. The van der Waals surface area contributed by atoms with Crippen molar-refractivity contribution in [1.82, 2.24) is 9.80 Å². The largest absolute Gasteiger partial charge is 0.349 e. The number of hydrogen-bond acceptors (Lipinski definition) is 2. The van der Waals surface area contributed by atoms with Crippen LogP contribution < -0.4 is 0 Å². The molecule has 0 aliphatic carbocycles. The van der Waals surface area contributed by atoms with Crippen molar-refractivity contribution >= 4 is 23.4 Å². The van der Waals surface area contributed by atoms with Crippen molar-refractivity contribution in [1.29, 1.82) is 0 Å². The molecule has 0 fully saturated rings. The van der Waals surface area contributed by atoms with Crippen LogP contribution in [0.4, 0.5) is 5.69 Å². The number of para-hydroxylation sites is 1. The summed E-state index contributed by atoms with van der Waals surface area (Å²) in [6.07, 6.45) is 0. The Morgan fingerprint density at radius 2 is 0.941 bits per heavy atom. The molecule has 0 aromatic heterocycles. The van der Waals surface area contributed by atoms with Gasteiger partial charge in [0.2, 0.25) is 5.96 Å². The molecule has 0 amide bonds. The molecule has 4 aromatic rings. The van der Waals surface area contributed by atoms with Crippen LogP contribution >= 0.6 is 11.8 Å². The van der Waals surface area contributed by atoms with E-state index in [2.05, 4.69) is 115 Å². The Morgan fingerprint density at radius 1 is 0.559 bits per heavy atom. The standard InChI is InChI=1S/C30H31N3S/c1-32(2)29(33(3)4)31-27-22-14-15-23-28(27)34-30(24-16-8-5-9-17-24,25-18-10-6-11-19-25)26-20-12-7-13-21-26/h5-23H,1-4H3. The Labute approximate surface area is 207 Å². The highest BCUT2D eigenvalue weighted by Crippen LogP contribution is 2.53. The first kappa shape index (κ1) is 23.7. The fraction of sp³-hybridized carbons (Fsp3) is 0.167. The summed E-state index contributed by atoms with van der Waals surface area (Å²) < 4.78 is -0.439. The minimum absolute atomic E-state index is 0.439. The molecule has 34 heavy (non-hydrogen) atoms. The van der Waals surface area contributed by atoms with Gasteiger partial charge in [-0.2, -0.15) is 0 Å². The van der Waals surface area contributed by atoms with Crippen LogP contribution in [0, 0.1) is 0 Å². The molecule has 0 bridgehead atoms. The van der Waals surface area contributed by atoms with Gasteiger partial charge in [0.05, 0.1) is 10.4 Å². The molecule has 172 valence electrons. The number of aliphatic imine (C=N–C) groups is 1. The molecule has 4 heteroatoms. The third-order valence-corrected chi connectivity index (χ3v) is 7.27. The third kappa shape index (κ3) is 4.87. The van der Waals surface area contributed by atoms with Gasteiger partial charge >= 0.3 is 0 Å². The smallest absolute Gasteiger partial charge is 0.200 e. The van der Waals surface area contributed by atoms with Crippen LogP contribution in [-0.4, -0.2) is 44.0 Å². The number of hydrogen-bond donors (Lipinski definition) is 0. The molecular formula is C30H31N3S. The monoisotopic (exact) mass is 465 g/mol. The molecule has 0 atom stereocenters. The zero-order chi connectivity index (χ0) is 24.0. The van der Waals surface area contributed by atoms with Crippen LogP contribution in [0.1, 0.15) is 16.7 Å². The normalized spacial score (nSPS) is 11.1. The lowest BCUT2D eigenvalue weighted by Crippen LogP contribution is -2.35. The van der Waals surface area contributed by atoms with Gasteiger partial charge in [0.25, 0.3) is 0 Å². The first-order valence-corrected chi connectivity index (χ1v) is 12.2. The fourth-order valence-electron chi connectivity index (χ4n) is 4.20. The van der Waals surface area contributed by atoms with Gasteiger partial charge in [0.1, 0.15) is 0 Å². The molecule has 0 spiro atoms. The van der Waals surface area contributed by atoms with E-state index in [0.29, 0.717) is 0 Å². The van der Waals surface area contributed by atoms with Crippen molar-refractivity contribution in [2.75, 3.05) is 28.2 Å². The zero-order valence-corrected chi connectivity index (χ0v) is 21.0. The Balaban J connectivity index is 1.97. The molecule has 0 heterocycles. The van der Waals surface area contributed by atoms with Crippen LogP contribution in [0.25, 0.3) is 0 Å². The zero-order valence-electron chi connectivity index (χ0n) is 20.2. The SMILES string of the molecule is CN(C)C(=Nc1ccccc1SC(c1ccccc1)(c1ccccc1)c1ccccc1)N(C)C. The van der Waals surface area contributed by atoms with Crippen LogP contribution in [0.15, 0.2) is 125 Å². The van der Waals surface area contributed by atoms with E-state index < -0.39 is 4.75 Å². The Kier molecular flexibility index (Phi) is 7.39. The van der Waals surface area contributed by atoms with Crippen LogP contribution in [-0.2, 0) is 4.75 Å². The predicted octanol–water partition coefficient (Wildman–Crippen LogP) is 6.88. The van der Waals surface area contributed by atoms with Gasteiger partial charge in [-0.05, 0) is 28.8 Å². The van der Waals surface area contributed by atoms with Crippen molar-refractivity contribution in [2.24, 2.45) is 4.99 Å². The Morgan fingerprint density at radius 3 is 1.35 bits per heavy atom. The minimum atomic E-state index is -0.439. The molecule has 4 aromatic carbocycles. The number of benzene rings is 4. The van der Waals surface area contributed by atoms with Crippen molar-refractivity contribution in [3.8, 4) is 0 Å². The van der Waals surface area contributed by atoms with E-state index >= 15 is 0 Å². The van der Waals surface area contributed by atoms with E-state index in [1.54, 1.807) is 0 Å². The molecule has 0 N–H and O–H groups in total. The highest BCUT2D eigenvalue weighted by Gasteiger charge is 2.38. The van der Waals surface area contributed by atoms with Crippen molar-refractivity contribution in [3.63, 3.8) is 0 Å². The third-order valence-electron chi connectivity index (χ3n) is 5.69. The van der Waals surface area contributed by atoms with Gasteiger partial charge in [-0.25, -0.2) is 4.99 Å². The second-order valence-corrected chi connectivity index (χ2v) is 9.81. The molecule has 0 radical (unpaired) electrons. The second-order valence-electron chi connectivity index (χ2n) is 8.55. The van der Waals surface area contributed by atoms with Gasteiger partial charge < -0.3 is 9.80 Å². The Bertz CT molecular complexity index is 1110. The highest BCUT2D eigenvalue weighted by atomic mass is 32.2. The second kappa shape index (κ2) is 10.6. The van der Waals surface area contributed by atoms with Crippen LogP contribution in [0.3, 0.4) is 0 Å². The number of guanidine groups is 1. The number of nitrogens with zero attached hydrogens (tertiary/aromatic N) is 3. The summed E-state index contributed by atoms with van der Waals surface area (Å²) in [5.74, 6) is 0.901. The van der Waals surface area contributed by atoms with Gasteiger partial charge in [0.15, 0.2) is 0 Å². The molecular weight excluding hydrogens is 434 g/mol. The van der Waals surface area contributed by atoms with E-state index in [1.165, 1.54) is 16.7 Å². The maximum Gasteiger partial charge on any atom is 0.200 e. The molecule has 0 aliphatic rings. The van der Waals surface area contributed by atoms with Crippen molar-refractivity contribution < 1.29 is 0 Å². The predicted molar refractivity (Wildman–Crippen MR) is 146 cm³/mol. The lowest BCUT2D eigenvalue weighted by atomic mass is 9.84. The number of thioether (sulfide) groups is 1. The average molecular weight is 466 g/mol. The quantitative estimate of drug-likeness (QED) is 0.134. The van der Waals surface area contributed by atoms with Crippen LogP contribution in [0.5, 0.6) is 0 Å². The lowest BCUT2D eigenvalue weighted by Gasteiger charge is -2.36. The topological polar surface area (TPSA) is 18.8 Å². The van der Waals surface area contributed by atoms with Crippen molar-refractivity contribution in [2.45, 2.75) is 9.64 Å². The summed E-state index contributed by atoms with van der Waals surface area (Å²) in [6.45, 7) is 0. The minimum Gasteiger partial charge on any atom is -0.349 e. The van der Waals surface area contributed by atoms with E-state index in [0.717, 1.165) is 16.5 Å². The molecule has 3 nitrogen and oxygen atoms in total. The highest BCUT2D eigenvalue weighted by molar-refractivity contribution is 8.00. The average Bonchev–Trinajstić information content (AvgIpc) is 2.87. The van der Waals surface area contributed by atoms with E-state index in [-0.39, 0.29) is 0 Å². The lowest BCUT2D eigenvalue weighted by molar-refractivity contribution is 0.484. The van der Waals surface area contributed by atoms with Gasteiger partial charge in [-0.1, -0.05) is 103 Å². The van der Waals surface area contributed by atoms with Crippen LogP contribution in [0.2, 0.25) is 0 Å². The van der Waals surface area contributed by atoms with Gasteiger partial charge in [-0.15, -0.1) is 11.8 Å². The maximum atomic E-state index is 5.07. The summed E-state index contributed by atoms with van der Waals surface area (Å²) >= 11 is 1.84. The molecule has 0 unspecified atom stereocenters. The molecule has 4 rings (SSSR count). The maximum absolute atomic E-state index is 5.07. The molecule has 0 saturated carbocycles. The first-order valence-electron chi connectivity index (χ1n) is 11.4.